The number of aryl methyl sites for hydroxylation is 1. The molecular weight excluding hydrogens is 306 g/mol. The molecule has 0 saturated heterocycles. The third kappa shape index (κ3) is 6.03. The van der Waals surface area contributed by atoms with Crippen molar-refractivity contribution < 1.29 is 19.4 Å². The van der Waals surface area contributed by atoms with Crippen LogP contribution in [0.1, 0.15) is 43.1 Å². The Morgan fingerprint density at radius 2 is 2.00 bits per heavy atom. The highest BCUT2D eigenvalue weighted by molar-refractivity contribution is 6.31. The molecule has 22 heavy (non-hydrogen) atoms. The maximum Gasteiger partial charge on any atom is 0.326 e. The molecule has 1 atom stereocenters. The van der Waals surface area contributed by atoms with Crippen molar-refractivity contribution in [2.45, 2.75) is 45.8 Å². The Kier molecular flexibility index (Phi) is 6.38. The molecule has 122 valence electrons. The maximum absolute atomic E-state index is 12.1. The average molecular weight is 328 g/mol. The lowest BCUT2D eigenvalue weighted by Gasteiger charge is -2.21. The summed E-state index contributed by atoms with van der Waals surface area (Å²) in [5, 5.41) is 12.2. The van der Waals surface area contributed by atoms with E-state index in [2.05, 4.69) is 5.32 Å². The highest BCUT2D eigenvalue weighted by Crippen LogP contribution is 2.17. The molecule has 0 aliphatic rings. The first-order chi connectivity index (χ1) is 10.1. The first-order valence-electron chi connectivity index (χ1n) is 7.04. The van der Waals surface area contributed by atoms with Gasteiger partial charge in [0.05, 0.1) is 5.60 Å². The van der Waals surface area contributed by atoms with E-state index in [1.54, 1.807) is 12.1 Å². The monoisotopic (exact) mass is 327 g/mol. The molecule has 1 aromatic carbocycles. The zero-order valence-corrected chi connectivity index (χ0v) is 14.0. The third-order valence-electron chi connectivity index (χ3n) is 2.98. The quantitative estimate of drug-likeness (QED) is 0.842. The van der Waals surface area contributed by atoms with Crippen LogP contribution in [0.2, 0.25) is 5.02 Å². The molecule has 1 amide bonds. The molecule has 1 rings (SSSR count). The standard InChI is InChI=1S/C16H22ClNO4/c1-10-5-6-11(9-12(10)17)14(19)18-13(15(20)21)7-8-22-16(2,3)4/h5-6,9,13H,7-8H2,1-4H3,(H,18,19)(H,20,21). The second-order valence-electron chi connectivity index (χ2n) is 6.08. The predicted molar refractivity (Wildman–Crippen MR) is 85.4 cm³/mol. The summed E-state index contributed by atoms with van der Waals surface area (Å²) in [4.78, 5) is 23.4. The second kappa shape index (κ2) is 7.61. The highest BCUT2D eigenvalue weighted by atomic mass is 35.5. The van der Waals surface area contributed by atoms with Crippen LogP contribution in [0.4, 0.5) is 0 Å². The van der Waals surface area contributed by atoms with Crippen molar-refractivity contribution in [1.82, 2.24) is 5.32 Å². The van der Waals surface area contributed by atoms with E-state index < -0.39 is 17.9 Å². The lowest BCUT2D eigenvalue weighted by atomic mass is 10.1. The molecule has 1 unspecified atom stereocenters. The average Bonchev–Trinajstić information content (AvgIpc) is 2.39. The predicted octanol–water partition coefficient (Wildman–Crippen LogP) is 3.04. The fourth-order valence-electron chi connectivity index (χ4n) is 1.72. The number of amides is 1. The van der Waals surface area contributed by atoms with Gasteiger partial charge in [-0.3, -0.25) is 4.79 Å². The fourth-order valence-corrected chi connectivity index (χ4v) is 1.90. The molecule has 0 heterocycles. The van der Waals surface area contributed by atoms with Crippen LogP contribution in [0.15, 0.2) is 18.2 Å². The smallest absolute Gasteiger partial charge is 0.326 e. The number of carbonyl (C=O) groups is 2. The topological polar surface area (TPSA) is 75.6 Å². The molecule has 6 heteroatoms. The van der Waals surface area contributed by atoms with Gasteiger partial charge < -0.3 is 15.2 Å². The lowest BCUT2D eigenvalue weighted by Crippen LogP contribution is -2.42. The Hall–Kier alpha value is -1.59. The zero-order chi connectivity index (χ0) is 16.9. The van der Waals surface area contributed by atoms with Gasteiger partial charge in [-0.05, 0) is 45.4 Å². The van der Waals surface area contributed by atoms with Crippen molar-refractivity contribution >= 4 is 23.5 Å². The largest absolute Gasteiger partial charge is 0.480 e. The zero-order valence-electron chi connectivity index (χ0n) is 13.3. The van der Waals surface area contributed by atoms with Crippen molar-refractivity contribution in [3.05, 3.63) is 34.3 Å². The molecule has 0 aromatic heterocycles. The van der Waals surface area contributed by atoms with Crippen molar-refractivity contribution in [3.63, 3.8) is 0 Å². The van der Waals surface area contributed by atoms with Gasteiger partial charge in [-0.15, -0.1) is 0 Å². The Bertz CT molecular complexity index is 552. The van der Waals surface area contributed by atoms with Crippen molar-refractivity contribution in [2.75, 3.05) is 6.61 Å². The molecular formula is C16H22ClNO4. The molecule has 0 aliphatic carbocycles. The molecule has 2 N–H and O–H groups in total. The SMILES string of the molecule is Cc1ccc(C(=O)NC(CCOC(C)(C)C)C(=O)O)cc1Cl. The Morgan fingerprint density at radius 3 is 2.50 bits per heavy atom. The first kappa shape index (κ1) is 18.5. The van der Waals surface area contributed by atoms with Gasteiger partial charge in [0.2, 0.25) is 0 Å². The van der Waals surface area contributed by atoms with E-state index in [9.17, 15) is 14.7 Å². The lowest BCUT2D eigenvalue weighted by molar-refractivity contribution is -0.140. The Balaban J connectivity index is 2.68. The van der Waals surface area contributed by atoms with E-state index in [0.717, 1.165) is 5.56 Å². The van der Waals surface area contributed by atoms with Crippen LogP contribution in [0.25, 0.3) is 0 Å². The summed E-state index contributed by atoms with van der Waals surface area (Å²) in [6, 6.07) is 3.85. The fraction of sp³-hybridized carbons (Fsp3) is 0.500. The van der Waals surface area contributed by atoms with Crippen LogP contribution in [-0.2, 0) is 9.53 Å². The van der Waals surface area contributed by atoms with Crippen molar-refractivity contribution in [1.29, 1.82) is 0 Å². The van der Waals surface area contributed by atoms with Gasteiger partial charge in [0.15, 0.2) is 0 Å². The van der Waals surface area contributed by atoms with E-state index in [4.69, 9.17) is 16.3 Å². The number of hydrogen-bond acceptors (Lipinski definition) is 3. The van der Waals surface area contributed by atoms with Crippen LogP contribution < -0.4 is 5.32 Å². The van der Waals surface area contributed by atoms with E-state index in [-0.39, 0.29) is 18.6 Å². The van der Waals surface area contributed by atoms with Gasteiger partial charge in [-0.2, -0.15) is 0 Å². The minimum atomic E-state index is -1.09. The number of carboxylic acid groups (broad SMARTS) is 1. The number of aliphatic carboxylic acids is 1. The minimum Gasteiger partial charge on any atom is -0.480 e. The summed E-state index contributed by atoms with van der Waals surface area (Å²) in [5.74, 6) is -1.56. The number of nitrogens with one attached hydrogen (secondary N) is 1. The minimum absolute atomic E-state index is 0.192. The highest BCUT2D eigenvalue weighted by Gasteiger charge is 2.22. The van der Waals surface area contributed by atoms with E-state index in [1.807, 2.05) is 27.7 Å². The van der Waals surface area contributed by atoms with Crippen molar-refractivity contribution in [3.8, 4) is 0 Å². The first-order valence-corrected chi connectivity index (χ1v) is 7.42. The number of halogens is 1. The number of ether oxygens (including phenoxy) is 1. The van der Waals surface area contributed by atoms with Crippen LogP contribution in [0.5, 0.6) is 0 Å². The number of carboxylic acids is 1. The van der Waals surface area contributed by atoms with Crippen molar-refractivity contribution in [2.24, 2.45) is 0 Å². The summed E-state index contributed by atoms with van der Waals surface area (Å²) in [5.41, 5.74) is 0.836. The number of rotatable bonds is 6. The van der Waals surface area contributed by atoms with Crippen LogP contribution in [-0.4, -0.2) is 35.2 Å². The van der Waals surface area contributed by atoms with Gasteiger partial charge in [-0.1, -0.05) is 17.7 Å². The molecule has 1 aromatic rings. The summed E-state index contributed by atoms with van der Waals surface area (Å²) < 4.78 is 5.50. The third-order valence-corrected chi connectivity index (χ3v) is 3.39. The van der Waals surface area contributed by atoms with Crippen LogP contribution in [0, 0.1) is 6.92 Å². The maximum atomic E-state index is 12.1. The molecule has 0 saturated carbocycles. The second-order valence-corrected chi connectivity index (χ2v) is 6.48. The van der Waals surface area contributed by atoms with Gasteiger partial charge in [0.25, 0.3) is 5.91 Å². The number of benzene rings is 1. The van der Waals surface area contributed by atoms with Gasteiger partial charge in [0, 0.05) is 23.6 Å². The molecule has 0 fully saturated rings. The summed E-state index contributed by atoms with van der Waals surface area (Å²) >= 11 is 5.97. The molecule has 0 radical (unpaired) electrons. The van der Waals surface area contributed by atoms with Gasteiger partial charge in [0.1, 0.15) is 6.04 Å². The molecule has 0 spiro atoms. The number of hydrogen-bond donors (Lipinski definition) is 2. The summed E-state index contributed by atoms with van der Waals surface area (Å²) in [7, 11) is 0. The molecule has 5 nitrogen and oxygen atoms in total. The van der Waals surface area contributed by atoms with Gasteiger partial charge >= 0.3 is 5.97 Å². The van der Waals surface area contributed by atoms with Gasteiger partial charge in [-0.25, -0.2) is 4.79 Å². The van der Waals surface area contributed by atoms with E-state index in [0.29, 0.717) is 10.6 Å². The Labute approximate surface area is 135 Å². The van der Waals surface area contributed by atoms with E-state index >= 15 is 0 Å². The Morgan fingerprint density at radius 1 is 1.36 bits per heavy atom. The molecule has 0 aliphatic heterocycles. The van der Waals surface area contributed by atoms with Crippen LogP contribution >= 0.6 is 11.6 Å². The number of carbonyl (C=O) groups excluding carboxylic acids is 1. The summed E-state index contributed by atoms with van der Waals surface area (Å²) in [6.07, 6.45) is 0.192. The molecule has 0 bridgehead atoms. The van der Waals surface area contributed by atoms with Crippen LogP contribution in [0.3, 0.4) is 0 Å². The van der Waals surface area contributed by atoms with E-state index in [1.165, 1.54) is 6.07 Å². The summed E-state index contributed by atoms with van der Waals surface area (Å²) in [6.45, 7) is 7.73. The normalized spacial score (nSPS) is 12.8.